The molecule has 0 aliphatic rings. The van der Waals surface area contributed by atoms with E-state index in [1.807, 2.05) is 43.3 Å². The Labute approximate surface area is 172 Å². The number of hydrogen-bond donors (Lipinski definition) is 1. The van der Waals surface area contributed by atoms with Gasteiger partial charge in [-0.25, -0.2) is 14.2 Å². The smallest absolute Gasteiger partial charge is 0.333 e. The third-order valence-electron chi connectivity index (χ3n) is 5.34. The van der Waals surface area contributed by atoms with E-state index in [4.69, 9.17) is 0 Å². The number of benzene rings is 3. The third-order valence-corrected chi connectivity index (χ3v) is 5.34. The highest BCUT2D eigenvalue weighted by atomic mass is 19.1. The van der Waals surface area contributed by atoms with E-state index >= 15 is 0 Å². The van der Waals surface area contributed by atoms with Gasteiger partial charge in [-0.2, -0.15) is 0 Å². The van der Waals surface area contributed by atoms with Gasteiger partial charge in [0.25, 0.3) is 0 Å². The van der Waals surface area contributed by atoms with Crippen LogP contribution in [0.5, 0.6) is 0 Å². The summed E-state index contributed by atoms with van der Waals surface area (Å²) in [5, 5.41) is 0. The van der Waals surface area contributed by atoms with Crippen molar-refractivity contribution in [1.82, 2.24) is 19.1 Å². The second-order valence-corrected chi connectivity index (χ2v) is 7.36. The van der Waals surface area contributed by atoms with E-state index in [0.717, 1.165) is 33.6 Å². The summed E-state index contributed by atoms with van der Waals surface area (Å²) >= 11 is 0. The first-order chi connectivity index (χ1) is 14.5. The lowest BCUT2D eigenvalue weighted by molar-refractivity contribution is 0.626. The van der Waals surface area contributed by atoms with Crippen molar-refractivity contribution in [3.63, 3.8) is 0 Å². The standard InChI is InChI=1S/C24H19FN4O/c1-15-5-3-6-16(11-15)22-23(27-14-26-22)17-9-10-20-21(12-17)28(2)24(30)29(20)19-8-4-7-18(25)13-19/h3-14H,1-2H3,(H,26,27). The number of halogens is 1. The first-order valence-corrected chi connectivity index (χ1v) is 9.61. The normalized spacial score (nSPS) is 11.3. The van der Waals surface area contributed by atoms with Gasteiger partial charge in [-0.15, -0.1) is 0 Å². The molecule has 0 aliphatic heterocycles. The Morgan fingerprint density at radius 2 is 1.77 bits per heavy atom. The molecule has 148 valence electrons. The van der Waals surface area contributed by atoms with Gasteiger partial charge in [-0.05, 0) is 43.3 Å². The van der Waals surface area contributed by atoms with Crippen LogP contribution in [0.15, 0.2) is 77.9 Å². The molecule has 0 radical (unpaired) electrons. The van der Waals surface area contributed by atoms with Crippen LogP contribution in [0.2, 0.25) is 0 Å². The number of rotatable bonds is 3. The first-order valence-electron chi connectivity index (χ1n) is 9.61. The zero-order valence-electron chi connectivity index (χ0n) is 16.6. The monoisotopic (exact) mass is 398 g/mol. The Morgan fingerprint density at radius 3 is 2.57 bits per heavy atom. The van der Waals surface area contributed by atoms with Crippen molar-refractivity contribution in [3.05, 3.63) is 94.9 Å². The van der Waals surface area contributed by atoms with E-state index in [1.54, 1.807) is 30.1 Å². The van der Waals surface area contributed by atoms with Crippen molar-refractivity contribution in [1.29, 1.82) is 0 Å². The second kappa shape index (κ2) is 6.84. The molecule has 0 atom stereocenters. The van der Waals surface area contributed by atoms with Crippen molar-refractivity contribution >= 4 is 11.0 Å². The lowest BCUT2D eigenvalue weighted by Gasteiger charge is -2.06. The van der Waals surface area contributed by atoms with Crippen LogP contribution in [0.25, 0.3) is 39.2 Å². The Bertz CT molecular complexity index is 1460. The third kappa shape index (κ3) is 2.85. The summed E-state index contributed by atoms with van der Waals surface area (Å²) in [6.07, 6.45) is 1.67. The summed E-state index contributed by atoms with van der Waals surface area (Å²) in [6.45, 7) is 2.05. The molecule has 3 aromatic carbocycles. The van der Waals surface area contributed by atoms with Gasteiger partial charge in [-0.1, -0.05) is 35.9 Å². The van der Waals surface area contributed by atoms with Gasteiger partial charge in [0.05, 0.1) is 34.4 Å². The summed E-state index contributed by atoms with van der Waals surface area (Å²) in [5.41, 5.74) is 6.59. The largest absolute Gasteiger partial charge is 0.344 e. The lowest BCUT2D eigenvalue weighted by atomic mass is 10.0. The van der Waals surface area contributed by atoms with Gasteiger partial charge >= 0.3 is 5.69 Å². The molecule has 0 amide bonds. The zero-order chi connectivity index (χ0) is 20.8. The highest BCUT2D eigenvalue weighted by Crippen LogP contribution is 2.31. The van der Waals surface area contributed by atoms with Crippen molar-refractivity contribution in [2.75, 3.05) is 0 Å². The van der Waals surface area contributed by atoms with Gasteiger partial charge in [0.1, 0.15) is 5.82 Å². The minimum absolute atomic E-state index is 0.226. The first kappa shape index (κ1) is 18.1. The molecule has 6 heteroatoms. The number of aryl methyl sites for hydroxylation is 2. The summed E-state index contributed by atoms with van der Waals surface area (Å²) in [6, 6.07) is 20.0. The van der Waals surface area contributed by atoms with Crippen LogP contribution in [0.4, 0.5) is 4.39 Å². The van der Waals surface area contributed by atoms with Crippen LogP contribution in [0, 0.1) is 12.7 Å². The van der Waals surface area contributed by atoms with E-state index in [2.05, 4.69) is 16.0 Å². The molecule has 0 fully saturated rings. The average molecular weight is 398 g/mol. The maximum atomic E-state index is 13.7. The molecule has 0 spiro atoms. The van der Waals surface area contributed by atoms with Crippen LogP contribution in [0.1, 0.15) is 5.56 Å². The quantitative estimate of drug-likeness (QED) is 0.473. The number of nitrogens with zero attached hydrogens (tertiary/aromatic N) is 3. The average Bonchev–Trinajstić information content (AvgIpc) is 3.32. The van der Waals surface area contributed by atoms with E-state index in [-0.39, 0.29) is 11.5 Å². The number of hydrogen-bond acceptors (Lipinski definition) is 2. The van der Waals surface area contributed by atoms with Crippen LogP contribution >= 0.6 is 0 Å². The number of fused-ring (bicyclic) bond motifs is 1. The Hall–Kier alpha value is -3.93. The van der Waals surface area contributed by atoms with E-state index < -0.39 is 0 Å². The number of aromatic nitrogens is 4. The Kier molecular flexibility index (Phi) is 4.13. The Morgan fingerprint density at radius 1 is 0.933 bits per heavy atom. The molecule has 2 aromatic heterocycles. The highest BCUT2D eigenvalue weighted by molar-refractivity contribution is 5.87. The SMILES string of the molecule is Cc1cccc(-c2nc[nH]c2-c2ccc3c(c2)n(C)c(=O)n3-c2cccc(F)c2)c1. The number of H-pyrrole nitrogens is 1. The highest BCUT2D eigenvalue weighted by Gasteiger charge is 2.16. The van der Waals surface area contributed by atoms with Crippen LogP contribution in [-0.4, -0.2) is 19.1 Å². The van der Waals surface area contributed by atoms with Gasteiger partial charge in [0.15, 0.2) is 0 Å². The molecule has 5 rings (SSSR count). The van der Waals surface area contributed by atoms with Gasteiger partial charge < -0.3 is 4.98 Å². The van der Waals surface area contributed by atoms with Crippen LogP contribution in [0.3, 0.4) is 0 Å². The molecule has 0 saturated carbocycles. The molecule has 0 bridgehead atoms. The predicted molar refractivity (Wildman–Crippen MR) is 116 cm³/mol. The van der Waals surface area contributed by atoms with Crippen molar-refractivity contribution in [3.8, 4) is 28.2 Å². The van der Waals surface area contributed by atoms with Crippen molar-refractivity contribution < 1.29 is 4.39 Å². The van der Waals surface area contributed by atoms with Crippen molar-refractivity contribution in [2.45, 2.75) is 6.92 Å². The fourth-order valence-corrected chi connectivity index (χ4v) is 3.88. The van der Waals surface area contributed by atoms with Crippen LogP contribution < -0.4 is 5.69 Å². The molecular formula is C24H19FN4O. The zero-order valence-corrected chi connectivity index (χ0v) is 16.6. The van der Waals surface area contributed by atoms with E-state index in [9.17, 15) is 9.18 Å². The molecule has 0 aliphatic carbocycles. The van der Waals surface area contributed by atoms with Crippen molar-refractivity contribution in [2.24, 2.45) is 7.05 Å². The van der Waals surface area contributed by atoms with Gasteiger partial charge in [0.2, 0.25) is 0 Å². The summed E-state index contributed by atoms with van der Waals surface area (Å²) in [7, 11) is 1.72. The minimum Gasteiger partial charge on any atom is -0.344 e. The number of aromatic amines is 1. The summed E-state index contributed by atoms with van der Waals surface area (Å²) in [5.74, 6) is -0.381. The summed E-state index contributed by atoms with van der Waals surface area (Å²) < 4.78 is 16.8. The molecule has 1 N–H and O–H groups in total. The maximum absolute atomic E-state index is 13.7. The van der Waals surface area contributed by atoms with Crippen LogP contribution in [-0.2, 0) is 7.05 Å². The fourth-order valence-electron chi connectivity index (χ4n) is 3.88. The molecule has 0 saturated heterocycles. The summed E-state index contributed by atoms with van der Waals surface area (Å²) in [4.78, 5) is 20.7. The molecule has 2 heterocycles. The topological polar surface area (TPSA) is 55.6 Å². The van der Waals surface area contributed by atoms with E-state index in [1.165, 1.54) is 16.7 Å². The number of imidazole rings is 2. The minimum atomic E-state index is -0.381. The van der Waals surface area contributed by atoms with E-state index in [0.29, 0.717) is 11.2 Å². The number of nitrogens with one attached hydrogen (secondary N) is 1. The molecule has 30 heavy (non-hydrogen) atoms. The lowest BCUT2D eigenvalue weighted by Crippen LogP contribution is -2.20. The maximum Gasteiger partial charge on any atom is 0.333 e. The Balaban J connectivity index is 1.69. The van der Waals surface area contributed by atoms with Gasteiger partial charge in [-0.3, -0.25) is 9.13 Å². The fraction of sp³-hybridized carbons (Fsp3) is 0.0833. The molecule has 5 aromatic rings. The molecular weight excluding hydrogens is 379 g/mol. The second-order valence-electron chi connectivity index (χ2n) is 7.36. The predicted octanol–water partition coefficient (Wildman–Crippen LogP) is 4.83. The molecule has 0 unspecified atom stereocenters. The van der Waals surface area contributed by atoms with Gasteiger partial charge in [0, 0.05) is 18.2 Å². The molecule has 5 nitrogen and oxygen atoms in total.